The van der Waals surface area contributed by atoms with Crippen molar-refractivity contribution in [3.63, 3.8) is 0 Å². The molecule has 0 amide bonds. The molecule has 170 valence electrons. The fourth-order valence-corrected chi connectivity index (χ4v) is 3.80. The van der Waals surface area contributed by atoms with Gasteiger partial charge in [-0.2, -0.15) is 0 Å². The predicted molar refractivity (Wildman–Crippen MR) is 131 cm³/mol. The first-order valence-electron chi connectivity index (χ1n) is 10.8. The molecular formula is C28H23NO5. The lowest BCUT2D eigenvalue weighted by Crippen LogP contribution is -2.08. The summed E-state index contributed by atoms with van der Waals surface area (Å²) in [7, 11) is 0. The van der Waals surface area contributed by atoms with Crippen LogP contribution in [0.15, 0.2) is 72.9 Å². The Hall–Kier alpha value is -4.45. The number of ether oxygens (including phenoxy) is 1. The lowest BCUT2D eigenvalue weighted by atomic mass is 9.96. The van der Waals surface area contributed by atoms with E-state index in [1.54, 1.807) is 30.3 Å². The number of aliphatic carboxylic acids is 1. The molecule has 0 saturated carbocycles. The number of carbonyl (C=O) groups is 2. The molecule has 0 aliphatic heterocycles. The van der Waals surface area contributed by atoms with Gasteiger partial charge < -0.3 is 14.9 Å². The highest BCUT2D eigenvalue weighted by Gasteiger charge is 2.21. The third kappa shape index (κ3) is 4.66. The van der Waals surface area contributed by atoms with Gasteiger partial charge in [0.05, 0.1) is 11.1 Å². The van der Waals surface area contributed by atoms with E-state index in [0.29, 0.717) is 39.9 Å². The monoisotopic (exact) mass is 453 g/mol. The largest absolute Gasteiger partial charge is 0.508 e. The van der Waals surface area contributed by atoms with E-state index in [0.717, 1.165) is 22.8 Å². The van der Waals surface area contributed by atoms with Crippen molar-refractivity contribution in [2.45, 2.75) is 20.3 Å². The van der Waals surface area contributed by atoms with Gasteiger partial charge >= 0.3 is 5.97 Å². The molecule has 1 aromatic heterocycles. The Balaban J connectivity index is 1.83. The fraction of sp³-hybridized carbons (Fsp3) is 0.107. The Bertz CT molecular complexity index is 1440. The molecule has 0 radical (unpaired) electrons. The molecule has 6 nitrogen and oxygen atoms in total. The topological polar surface area (TPSA) is 96.7 Å². The highest BCUT2D eigenvalue weighted by Crippen LogP contribution is 2.36. The normalized spacial score (nSPS) is 11.1. The maximum atomic E-state index is 13.6. The minimum absolute atomic E-state index is 0.0618. The van der Waals surface area contributed by atoms with E-state index >= 15 is 0 Å². The molecule has 6 heteroatoms. The van der Waals surface area contributed by atoms with Crippen molar-refractivity contribution in [1.29, 1.82) is 0 Å². The van der Waals surface area contributed by atoms with Crippen molar-refractivity contribution in [2.75, 3.05) is 0 Å². The standard InChI is InChI=1S/C28H23NO5/c1-3-18-6-4-5-7-22(18)27(33)24-16-29-25-15-20(30)10-12-23(25)28(24)34-21-11-8-19(17(2)14-21)9-13-26(31)32/h4-16,30H,3H2,1-2H3,(H,31,32)/b13-9+. The van der Waals surface area contributed by atoms with Crippen molar-refractivity contribution in [3.8, 4) is 17.2 Å². The van der Waals surface area contributed by atoms with Crippen LogP contribution in [-0.4, -0.2) is 26.9 Å². The maximum Gasteiger partial charge on any atom is 0.328 e. The van der Waals surface area contributed by atoms with Crippen LogP contribution in [0.25, 0.3) is 17.0 Å². The number of phenols is 1. The van der Waals surface area contributed by atoms with Crippen LogP contribution in [0.5, 0.6) is 17.2 Å². The van der Waals surface area contributed by atoms with Gasteiger partial charge in [0, 0.05) is 29.3 Å². The zero-order valence-corrected chi connectivity index (χ0v) is 18.8. The maximum absolute atomic E-state index is 13.6. The SMILES string of the molecule is CCc1ccccc1C(=O)c1cnc2cc(O)ccc2c1Oc1ccc(/C=C/C(=O)O)c(C)c1. The number of aromatic hydroxyl groups is 1. The van der Waals surface area contributed by atoms with Gasteiger partial charge in [0.15, 0.2) is 5.78 Å². The number of carbonyl (C=O) groups excluding carboxylic acids is 1. The molecule has 0 saturated heterocycles. The van der Waals surface area contributed by atoms with E-state index < -0.39 is 5.97 Å². The van der Waals surface area contributed by atoms with Crippen LogP contribution in [0.3, 0.4) is 0 Å². The number of aryl methyl sites for hydroxylation is 2. The van der Waals surface area contributed by atoms with Gasteiger partial charge in [-0.05, 0) is 60.4 Å². The second-order valence-electron chi connectivity index (χ2n) is 7.83. The number of hydrogen-bond acceptors (Lipinski definition) is 5. The molecule has 0 unspecified atom stereocenters. The van der Waals surface area contributed by atoms with Gasteiger partial charge in [0.2, 0.25) is 0 Å². The third-order valence-electron chi connectivity index (χ3n) is 5.56. The van der Waals surface area contributed by atoms with Crippen LogP contribution >= 0.6 is 0 Å². The number of rotatable bonds is 7. The summed E-state index contributed by atoms with van der Waals surface area (Å²) in [5.41, 5.74) is 3.87. The summed E-state index contributed by atoms with van der Waals surface area (Å²) in [6, 6.07) is 17.4. The average Bonchev–Trinajstić information content (AvgIpc) is 2.83. The molecule has 1 heterocycles. The lowest BCUT2D eigenvalue weighted by molar-refractivity contribution is -0.131. The predicted octanol–water partition coefficient (Wildman–Crippen LogP) is 5.93. The van der Waals surface area contributed by atoms with Crippen LogP contribution in [0, 0.1) is 6.92 Å². The summed E-state index contributed by atoms with van der Waals surface area (Å²) in [4.78, 5) is 28.8. The first kappa shape index (κ1) is 22.7. The Morgan fingerprint density at radius 3 is 2.56 bits per heavy atom. The van der Waals surface area contributed by atoms with E-state index in [4.69, 9.17) is 9.84 Å². The minimum atomic E-state index is -1.03. The van der Waals surface area contributed by atoms with Gasteiger partial charge in [-0.25, -0.2) is 4.79 Å². The van der Waals surface area contributed by atoms with Crippen molar-refractivity contribution >= 4 is 28.7 Å². The Morgan fingerprint density at radius 2 is 1.82 bits per heavy atom. The Morgan fingerprint density at radius 1 is 1.03 bits per heavy atom. The van der Waals surface area contributed by atoms with E-state index in [9.17, 15) is 14.7 Å². The van der Waals surface area contributed by atoms with Gasteiger partial charge in [-0.1, -0.05) is 37.3 Å². The van der Waals surface area contributed by atoms with Crippen molar-refractivity contribution in [3.05, 3.63) is 101 Å². The number of aromatic nitrogens is 1. The number of pyridine rings is 1. The second-order valence-corrected chi connectivity index (χ2v) is 7.83. The molecule has 0 spiro atoms. The summed E-state index contributed by atoms with van der Waals surface area (Å²) in [6.07, 6.45) is 4.77. The first-order valence-corrected chi connectivity index (χ1v) is 10.8. The Kier molecular flexibility index (Phi) is 6.41. The van der Waals surface area contributed by atoms with E-state index in [1.165, 1.54) is 24.4 Å². The van der Waals surface area contributed by atoms with Gasteiger partial charge in [-0.15, -0.1) is 0 Å². The van der Waals surface area contributed by atoms with Crippen LogP contribution in [0.1, 0.15) is 39.5 Å². The highest BCUT2D eigenvalue weighted by molar-refractivity contribution is 6.14. The van der Waals surface area contributed by atoms with Crippen LogP contribution in [0.2, 0.25) is 0 Å². The highest BCUT2D eigenvalue weighted by atomic mass is 16.5. The van der Waals surface area contributed by atoms with E-state index in [2.05, 4.69) is 4.98 Å². The molecule has 0 aliphatic rings. The van der Waals surface area contributed by atoms with Crippen molar-refractivity contribution in [1.82, 2.24) is 4.98 Å². The molecule has 0 atom stereocenters. The number of benzene rings is 3. The van der Waals surface area contributed by atoms with E-state index in [1.807, 2.05) is 32.0 Å². The molecular weight excluding hydrogens is 430 g/mol. The molecule has 34 heavy (non-hydrogen) atoms. The molecule has 0 aliphatic carbocycles. The number of carboxylic acid groups (broad SMARTS) is 1. The third-order valence-corrected chi connectivity index (χ3v) is 5.56. The molecule has 2 N–H and O–H groups in total. The Labute approximate surface area is 196 Å². The molecule has 0 bridgehead atoms. The van der Waals surface area contributed by atoms with Gasteiger partial charge in [-0.3, -0.25) is 9.78 Å². The number of nitrogens with zero attached hydrogens (tertiary/aromatic N) is 1. The van der Waals surface area contributed by atoms with Crippen LogP contribution < -0.4 is 4.74 Å². The number of phenolic OH excluding ortho intramolecular Hbond substituents is 1. The fourth-order valence-electron chi connectivity index (χ4n) is 3.80. The summed E-state index contributed by atoms with van der Waals surface area (Å²) in [5, 5.41) is 19.4. The minimum Gasteiger partial charge on any atom is -0.508 e. The average molecular weight is 453 g/mol. The zero-order valence-electron chi connectivity index (χ0n) is 18.8. The van der Waals surface area contributed by atoms with Crippen molar-refractivity contribution in [2.24, 2.45) is 0 Å². The zero-order chi connectivity index (χ0) is 24.2. The molecule has 0 fully saturated rings. The number of carboxylic acids is 1. The van der Waals surface area contributed by atoms with Crippen LogP contribution in [0.4, 0.5) is 0 Å². The second kappa shape index (κ2) is 9.58. The summed E-state index contributed by atoms with van der Waals surface area (Å²) in [6.45, 7) is 3.84. The van der Waals surface area contributed by atoms with Crippen LogP contribution in [-0.2, 0) is 11.2 Å². The van der Waals surface area contributed by atoms with E-state index in [-0.39, 0.29) is 11.5 Å². The quantitative estimate of drug-likeness (QED) is 0.266. The van der Waals surface area contributed by atoms with Gasteiger partial charge in [0.1, 0.15) is 17.2 Å². The number of hydrogen-bond donors (Lipinski definition) is 2. The summed E-state index contributed by atoms with van der Waals surface area (Å²) >= 11 is 0. The van der Waals surface area contributed by atoms with Crippen molar-refractivity contribution < 1.29 is 24.5 Å². The lowest BCUT2D eigenvalue weighted by Gasteiger charge is -2.15. The molecule has 4 aromatic rings. The molecule has 4 rings (SSSR count). The molecule has 3 aromatic carbocycles. The number of ketones is 1. The smallest absolute Gasteiger partial charge is 0.328 e. The van der Waals surface area contributed by atoms with Gasteiger partial charge in [0.25, 0.3) is 0 Å². The summed E-state index contributed by atoms with van der Waals surface area (Å²) in [5.74, 6) is -0.335. The first-order chi connectivity index (χ1) is 16.4. The summed E-state index contributed by atoms with van der Waals surface area (Å²) < 4.78 is 6.26. The number of fused-ring (bicyclic) bond motifs is 1.